The lowest BCUT2D eigenvalue weighted by Crippen LogP contribution is -2.23. The van der Waals surface area contributed by atoms with Gasteiger partial charge in [0.15, 0.2) is 6.61 Å². The Kier molecular flexibility index (Phi) is 13.4. The number of pyridine rings is 2. The number of nitrogens with one attached hydrogen (secondary N) is 1. The minimum absolute atomic E-state index is 0.265. The number of nitriles is 1. The molecule has 210 valence electrons. The number of oxime groups is 1. The molecule has 10 nitrogen and oxygen atoms in total. The summed E-state index contributed by atoms with van der Waals surface area (Å²) >= 11 is 11.8. The Bertz CT molecular complexity index is 1370. The Morgan fingerprint density at radius 2 is 1.95 bits per heavy atom. The first kappa shape index (κ1) is 32.0. The molecule has 12 heteroatoms. The monoisotopic (exact) mass is 583 g/mol. The van der Waals surface area contributed by atoms with Gasteiger partial charge in [0, 0.05) is 37.1 Å². The van der Waals surface area contributed by atoms with E-state index in [-0.39, 0.29) is 6.54 Å². The lowest BCUT2D eigenvalue weighted by Gasteiger charge is -2.17. The van der Waals surface area contributed by atoms with Crippen molar-refractivity contribution >= 4 is 40.8 Å². The molecule has 0 aliphatic rings. The van der Waals surface area contributed by atoms with Crippen molar-refractivity contribution in [2.45, 2.75) is 40.5 Å². The molecule has 2 heterocycles. The number of amides is 1. The maximum atomic E-state index is 11.2. The highest BCUT2D eigenvalue weighted by Crippen LogP contribution is 2.18. The van der Waals surface area contributed by atoms with Crippen LogP contribution in [0.1, 0.15) is 41.9 Å². The summed E-state index contributed by atoms with van der Waals surface area (Å²) in [6.07, 6.45) is 2.95. The van der Waals surface area contributed by atoms with Crippen molar-refractivity contribution in [3.05, 3.63) is 93.0 Å². The fourth-order valence-electron chi connectivity index (χ4n) is 3.15. The molecule has 0 aliphatic heterocycles. The Balaban J connectivity index is 0.000000319. The summed E-state index contributed by atoms with van der Waals surface area (Å²) in [5, 5.41) is 16.1. The van der Waals surface area contributed by atoms with Crippen LogP contribution in [0, 0.1) is 18.4 Å². The fourth-order valence-corrected chi connectivity index (χ4v) is 3.44. The minimum Gasteiger partial charge on any atom is -0.453 e. The van der Waals surface area contributed by atoms with Gasteiger partial charge in [0.05, 0.1) is 18.5 Å². The van der Waals surface area contributed by atoms with Crippen molar-refractivity contribution in [2.24, 2.45) is 10.1 Å². The van der Waals surface area contributed by atoms with Crippen LogP contribution in [0.2, 0.25) is 10.2 Å². The Morgan fingerprint density at radius 3 is 2.60 bits per heavy atom. The minimum atomic E-state index is -0.513. The maximum absolute atomic E-state index is 11.2. The number of aromatic nitrogens is 2. The molecule has 0 radical (unpaired) electrons. The van der Waals surface area contributed by atoms with Crippen LogP contribution in [-0.4, -0.2) is 46.7 Å². The lowest BCUT2D eigenvalue weighted by atomic mass is 10.1. The normalized spacial score (nSPS) is 11.1. The number of nitrogens with zero attached hydrogens (tertiary/aromatic N) is 6. The second-order valence-corrected chi connectivity index (χ2v) is 9.27. The number of carbonyl (C=O) groups excluding carboxylic acids is 1. The zero-order chi connectivity index (χ0) is 29.5. The highest BCUT2D eigenvalue weighted by Gasteiger charge is 2.07. The van der Waals surface area contributed by atoms with E-state index in [9.17, 15) is 4.79 Å². The van der Waals surface area contributed by atoms with Gasteiger partial charge in [-0.05, 0) is 67.8 Å². The summed E-state index contributed by atoms with van der Waals surface area (Å²) in [6, 6.07) is 14.8. The summed E-state index contributed by atoms with van der Waals surface area (Å²) in [6.45, 7) is 6.76. The zero-order valence-electron chi connectivity index (χ0n) is 23.0. The largest absolute Gasteiger partial charge is 0.453 e. The van der Waals surface area contributed by atoms with Crippen LogP contribution in [-0.2, 0) is 29.3 Å². The zero-order valence-corrected chi connectivity index (χ0v) is 24.5. The van der Waals surface area contributed by atoms with E-state index in [2.05, 4.69) is 30.2 Å². The predicted molar refractivity (Wildman–Crippen MR) is 156 cm³/mol. The van der Waals surface area contributed by atoms with E-state index in [1.54, 1.807) is 31.4 Å². The van der Waals surface area contributed by atoms with Crippen LogP contribution in [0.4, 0.5) is 4.79 Å². The fraction of sp³-hybridized carbons (Fsp3) is 0.286. The standard InChI is InChI=1S/C18H20ClN3O3.C10H11ClN4/c1-12-5-4-6-16(21-12)11-25-22-13(2)14-7-8-17(19)15(9-14)10-20-18(23)24-3;1-8(14-7-12)15(2)6-9-3-4-10(11)13-5-9/h4-9H,10-11H2,1-3H3,(H,20,23);3-5H,6H2,1-2H3/b22-13+;. The summed E-state index contributed by atoms with van der Waals surface area (Å²) in [5.41, 5.74) is 5.08. The van der Waals surface area contributed by atoms with Crippen LogP contribution < -0.4 is 5.32 Å². The van der Waals surface area contributed by atoms with Crippen molar-refractivity contribution < 1.29 is 14.4 Å². The van der Waals surface area contributed by atoms with Crippen molar-refractivity contribution in [1.82, 2.24) is 20.2 Å². The molecule has 1 aromatic carbocycles. The molecule has 2 aromatic heterocycles. The van der Waals surface area contributed by atoms with Crippen LogP contribution in [0.15, 0.2) is 64.9 Å². The van der Waals surface area contributed by atoms with Crippen molar-refractivity contribution in [1.29, 1.82) is 5.26 Å². The number of ether oxygens (including phenoxy) is 1. The predicted octanol–water partition coefficient (Wildman–Crippen LogP) is 5.91. The van der Waals surface area contributed by atoms with E-state index in [0.717, 1.165) is 28.1 Å². The first-order chi connectivity index (χ1) is 19.1. The molecule has 0 bridgehead atoms. The molecule has 0 unspecified atom stereocenters. The molecule has 3 rings (SSSR count). The summed E-state index contributed by atoms with van der Waals surface area (Å²) < 4.78 is 4.55. The molecule has 0 fully saturated rings. The number of carbonyl (C=O) groups is 1. The molecule has 40 heavy (non-hydrogen) atoms. The third kappa shape index (κ3) is 11.3. The number of hydrogen-bond donors (Lipinski definition) is 1. The second-order valence-electron chi connectivity index (χ2n) is 8.48. The lowest BCUT2D eigenvalue weighted by molar-refractivity contribution is 0.127. The first-order valence-electron chi connectivity index (χ1n) is 12.1. The molecule has 1 N–H and O–H groups in total. The van der Waals surface area contributed by atoms with Gasteiger partial charge in [0.2, 0.25) is 6.19 Å². The Hall–Kier alpha value is -4.20. The molecular weight excluding hydrogens is 553 g/mol. The smallest absolute Gasteiger partial charge is 0.407 e. The number of methoxy groups -OCH3 is 1. The molecular formula is C28H31Cl2N7O3. The third-order valence-corrected chi connectivity index (χ3v) is 6.00. The maximum Gasteiger partial charge on any atom is 0.407 e. The SMILES string of the molecule is CC(=NC#N)N(C)Cc1ccc(Cl)nc1.COC(=O)NCc1cc(/C(C)=N/OCc2cccc(C)n2)ccc1Cl. The molecule has 0 atom stereocenters. The van der Waals surface area contributed by atoms with Gasteiger partial charge in [-0.2, -0.15) is 10.3 Å². The van der Waals surface area contributed by atoms with Gasteiger partial charge in [0.25, 0.3) is 0 Å². The first-order valence-corrected chi connectivity index (χ1v) is 12.8. The van der Waals surface area contributed by atoms with Crippen LogP contribution in [0.5, 0.6) is 0 Å². The molecule has 0 aliphatic carbocycles. The summed E-state index contributed by atoms with van der Waals surface area (Å²) in [5.74, 6) is 0.674. The number of alkyl carbamates (subject to hydrolysis) is 1. The van der Waals surface area contributed by atoms with Gasteiger partial charge in [-0.15, -0.1) is 0 Å². The van der Waals surface area contributed by atoms with Gasteiger partial charge < -0.3 is 19.8 Å². The molecule has 0 spiro atoms. The number of hydrogen-bond acceptors (Lipinski definition) is 8. The summed E-state index contributed by atoms with van der Waals surface area (Å²) in [4.78, 5) is 30.4. The number of halogens is 2. The van der Waals surface area contributed by atoms with E-state index < -0.39 is 6.09 Å². The Morgan fingerprint density at radius 1 is 1.18 bits per heavy atom. The number of rotatable bonds is 8. The molecule has 3 aromatic rings. The van der Waals surface area contributed by atoms with Gasteiger partial charge >= 0.3 is 6.09 Å². The third-order valence-electron chi connectivity index (χ3n) is 5.40. The quantitative estimate of drug-likeness (QED) is 0.115. The van der Waals surface area contributed by atoms with Crippen LogP contribution >= 0.6 is 23.2 Å². The topological polar surface area (TPSA) is 125 Å². The van der Waals surface area contributed by atoms with Crippen LogP contribution in [0.25, 0.3) is 0 Å². The highest BCUT2D eigenvalue weighted by atomic mass is 35.5. The van der Waals surface area contributed by atoms with Crippen LogP contribution in [0.3, 0.4) is 0 Å². The van der Waals surface area contributed by atoms with Crippen molar-refractivity contribution in [2.75, 3.05) is 14.2 Å². The average molecular weight is 585 g/mol. The van der Waals surface area contributed by atoms with Gasteiger partial charge in [-0.1, -0.05) is 46.6 Å². The Labute approximate surface area is 244 Å². The van der Waals surface area contributed by atoms with Gasteiger partial charge in [0.1, 0.15) is 11.0 Å². The number of amidine groups is 1. The number of benzene rings is 1. The van der Waals surface area contributed by atoms with Gasteiger partial charge in [-0.3, -0.25) is 4.98 Å². The number of aryl methyl sites for hydroxylation is 1. The van der Waals surface area contributed by atoms with Crippen molar-refractivity contribution in [3.63, 3.8) is 0 Å². The molecule has 0 saturated carbocycles. The van der Waals surface area contributed by atoms with E-state index >= 15 is 0 Å². The number of aliphatic imine (C=N–C) groups is 1. The van der Waals surface area contributed by atoms with E-state index in [1.807, 2.05) is 62.2 Å². The highest BCUT2D eigenvalue weighted by molar-refractivity contribution is 6.31. The molecule has 0 saturated heterocycles. The van der Waals surface area contributed by atoms with Gasteiger partial charge in [-0.25, -0.2) is 9.78 Å². The average Bonchev–Trinajstić information content (AvgIpc) is 2.94. The van der Waals surface area contributed by atoms with E-state index in [4.69, 9.17) is 33.3 Å². The van der Waals surface area contributed by atoms with E-state index in [0.29, 0.717) is 34.9 Å². The van der Waals surface area contributed by atoms with Crippen molar-refractivity contribution in [3.8, 4) is 6.19 Å². The molecule has 1 amide bonds. The van der Waals surface area contributed by atoms with E-state index in [1.165, 1.54) is 7.11 Å². The second kappa shape index (κ2) is 16.7. The summed E-state index contributed by atoms with van der Waals surface area (Å²) in [7, 11) is 3.18.